The number of hydrogen-bond acceptors (Lipinski definition) is 2. The molecule has 0 spiro atoms. The SMILES string of the molecule is CCCCN(CC1CCCN1)C1CCC(C)C1. The summed E-state index contributed by atoms with van der Waals surface area (Å²) in [6.07, 6.45) is 9.81. The van der Waals surface area contributed by atoms with E-state index in [9.17, 15) is 0 Å². The Balaban J connectivity index is 1.83. The van der Waals surface area contributed by atoms with Crippen LogP contribution < -0.4 is 5.32 Å². The van der Waals surface area contributed by atoms with Crippen molar-refractivity contribution in [1.29, 1.82) is 0 Å². The third-order valence-electron chi connectivity index (χ3n) is 4.60. The third kappa shape index (κ3) is 3.96. The maximum Gasteiger partial charge on any atom is 0.0195 e. The molecule has 2 rings (SSSR count). The van der Waals surface area contributed by atoms with Crippen molar-refractivity contribution in [1.82, 2.24) is 10.2 Å². The normalized spacial score (nSPS) is 33.7. The van der Waals surface area contributed by atoms with Crippen LogP contribution in [0.2, 0.25) is 0 Å². The van der Waals surface area contributed by atoms with Crippen LogP contribution in [0.25, 0.3) is 0 Å². The van der Waals surface area contributed by atoms with E-state index in [0.717, 1.165) is 18.0 Å². The summed E-state index contributed by atoms with van der Waals surface area (Å²) >= 11 is 0. The van der Waals surface area contributed by atoms with Crippen LogP contribution in [0.3, 0.4) is 0 Å². The number of rotatable bonds is 6. The van der Waals surface area contributed by atoms with Crippen molar-refractivity contribution in [2.24, 2.45) is 5.92 Å². The molecule has 0 bridgehead atoms. The largest absolute Gasteiger partial charge is 0.313 e. The summed E-state index contributed by atoms with van der Waals surface area (Å²) in [5.41, 5.74) is 0. The van der Waals surface area contributed by atoms with Crippen LogP contribution in [0, 0.1) is 5.92 Å². The zero-order valence-electron chi connectivity index (χ0n) is 11.8. The minimum atomic E-state index is 0.780. The van der Waals surface area contributed by atoms with Gasteiger partial charge in [0.1, 0.15) is 0 Å². The van der Waals surface area contributed by atoms with E-state index in [2.05, 4.69) is 24.1 Å². The van der Waals surface area contributed by atoms with Crippen molar-refractivity contribution >= 4 is 0 Å². The molecule has 2 nitrogen and oxygen atoms in total. The highest BCUT2D eigenvalue weighted by molar-refractivity contribution is 4.85. The number of nitrogens with zero attached hydrogens (tertiary/aromatic N) is 1. The topological polar surface area (TPSA) is 15.3 Å². The monoisotopic (exact) mass is 238 g/mol. The highest BCUT2D eigenvalue weighted by Crippen LogP contribution is 2.29. The Morgan fingerprint density at radius 3 is 2.71 bits per heavy atom. The van der Waals surface area contributed by atoms with Gasteiger partial charge < -0.3 is 5.32 Å². The predicted octanol–water partition coefficient (Wildman–Crippen LogP) is 3.03. The molecule has 0 radical (unpaired) electrons. The fourth-order valence-corrected chi connectivity index (χ4v) is 3.49. The van der Waals surface area contributed by atoms with Crippen LogP contribution in [0.5, 0.6) is 0 Å². The van der Waals surface area contributed by atoms with Crippen molar-refractivity contribution in [2.75, 3.05) is 19.6 Å². The molecule has 2 fully saturated rings. The first-order chi connectivity index (χ1) is 8.29. The first-order valence-electron chi connectivity index (χ1n) is 7.77. The Bertz CT molecular complexity index is 211. The lowest BCUT2D eigenvalue weighted by Crippen LogP contribution is -2.43. The van der Waals surface area contributed by atoms with E-state index in [-0.39, 0.29) is 0 Å². The minimum Gasteiger partial charge on any atom is -0.313 e. The smallest absolute Gasteiger partial charge is 0.0195 e. The van der Waals surface area contributed by atoms with E-state index in [1.54, 1.807) is 0 Å². The second kappa shape index (κ2) is 6.75. The summed E-state index contributed by atoms with van der Waals surface area (Å²) < 4.78 is 0. The van der Waals surface area contributed by atoms with Crippen molar-refractivity contribution in [3.8, 4) is 0 Å². The van der Waals surface area contributed by atoms with Gasteiger partial charge >= 0.3 is 0 Å². The lowest BCUT2D eigenvalue weighted by Gasteiger charge is -2.31. The van der Waals surface area contributed by atoms with Gasteiger partial charge in [0.05, 0.1) is 0 Å². The lowest BCUT2D eigenvalue weighted by molar-refractivity contribution is 0.176. The average molecular weight is 238 g/mol. The number of nitrogens with one attached hydrogen (secondary N) is 1. The van der Waals surface area contributed by atoms with Gasteiger partial charge in [-0.25, -0.2) is 0 Å². The van der Waals surface area contributed by atoms with Crippen molar-refractivity contribution in [3.63, 3.8) is 0 Å². The van der Waals surface area contributed by atoms with E-state index in [1.165, 1.54) is 64.6 Å². The van der Waals surface area contributed by atoms with Gasteiger partial charge in [0.25, 0.3) is 0 Å². The molecule has 3 atom stereocenters. The van der Waals surface area contributed by atoms with Gasteiger partial charge in [-0.05, 0) is 57.5 Å². The van der Waals surface area contributed by atoms with Gasteiger partial charge in [0, 0.05) is 18.6 Å². The summed E-state index contributed by atoms with van der Waals surface area (Å²) in [5, 5.41) is 3.66. The van der Waals surface area contributed by atoms with Gasteiger partial charge in [0.15, 0.2) is 0 Å². The Morgan fingerprint density at radius 1 is 1.24 bits per heavy atom. The summed E-state index contributed by atoms with van der Waals surface area (Å²) in [6.45, 7) is 8.60. The maximum atomic E-state index is 3.66. The molecule has 1 aliphatic carbocycles. The van der Waals surface area contributed by atoms with E-state index in [0.29, 0.717) is 0 Å². The molecule has 1 saturated heterocycles. The number of unbranched alkanes of at least 4 members (excludes halogenated alkanes) is 1. The Labute approximate surface area is 107 Å². The van der Waals surface area contributed by atoms with E-state index >= 15 is 0 Å². The Hall–Kier alpha value is -0.0800. The van der Waals surface area contributed by atoms with E-state index in [4.69, 9.17) is 0 Å². The molecule has 2 heteroatoms. The zero-order valence-corrected chi connectivity index (χ0v) is 11.8. The molecular weight excluding hydrogens is 208 g/mol. The van der Waals surface area contributed by atoms with Gasteiger partial charge in [-0.1, -0.05) is 20.3 Å². The lowest BCUT2D eigenvalue weighted by atomic mass is 10.1. The quantitative estimate of drug-likeness (QED) is 0.765. The summed E-state index contributed by atoms with van der Waals surface area (Å²) in [6, 6.07) is 1.67. The molecule has 17 heavy (non-hydrogen) atoms. The van der Waals surface area contributed by atoms with Crippen molar-refractivity contribution in [2.45, 2.75) is 70.9 Å². The molecule has 100 valence electrons. The minimum absolute atomic E-state index is 0.780. The molecule has 0 aromatic rings. The fraction of sp³-hybridized carbons (Fsp3) is 1.00. The van der Waals surface area contributed by atoms with Gasteiger partial charge in [-0.3, -0.25) is 4.90 Å². The summed E-state index contributed by atoms with van der Waals surface area (Å²) in [4.78, 5) is 2.80. The summed E-state index contributed by atoms with van der Waals surface area (Å²) in [7, 11) is 0. The molecule has 1 saturated carbocycles. The van der Waals surface area contributed by atoms with Crippen LogP contribution in [0.4, 0.5) is 0 Å². The van der Waals surface area contributed by atoms with Gasteiger partial charge in [-0.2, -0.15) is 0 Å². The summed E-state index contributed by atoms with van der Waals surface area (Å²) in [5.74, 6) is 0.959. The molecule has 2 aliphatic rings. The predicted molar refractivity (Wildman–Crippen MR) is 74.3 cm³/mol. The standard InChI is InChI=1S/C15H30N2/c1-3-4-10-17(12-14-6-5-9-16-14)15-8-7-13(2)11-15/h13-16H,3-12H2,1-2H3. The fourth-order valence-electron chi connectivity index (χ4n) is 3.49. The zero-order chi connectivity index (χ0) is 12.1. The van der Waals surface area contributed by atoms with Crippen LogP contribution in [-0.4, -0.2) is 36.6 Å². The van der Waals surface area contributed by atoms with Gasteiger partial charge in [0.2, 0.25) is 0 Å². The average Bonchev–Trinajstić information content (AvgIpc) is 2.95. The first-order valence-corrected chi connectivity index (χ1v) is 7.77. The highest BCUT2D eigenvalue weighted by atomic mass is 15.2. The molecule has 0 amide bonds. The molecule has 1 aliphatic heterocycles. The second-order valence-electron chi connectivity index (χ2n) is 6.21. The Kier molecular flexibility index (Phi) is 5.30. The second-order valence-corrected chi connectivity index (χ2v) is 6.21. The van der Waals surface area contributed by atoms with Crippen LogP contribution in [0.1, 0.15) is 58.8 Å². The van der Waals surface area contributed by atoms with E-state index in [1.807, 2.05) is 0 Å². The van der Waals surface area contributed by atoms with Crippen molar-refractivity contribution < 1.29 is 0 Å². The van der Waals surface area contributed by atoms with Gasteiger partial charge in [-0.15, -0.1) is 0 Å². The molecule has 1 N–H and O–H groups in total. The Morgan fingerprint density at radius 2 is 2.12 bits per heavy atom. The van der Waals surface area contributed by atoms with Crippen LogP contribution in [0.15, 0.2) is 0 Å². The third-order valence-corrected chi connectivity index (χ3v) is 4.60. The van der Waals surface area contributed by atoms with Crippen LogP contribution in [-0.2, 0) is 0 Å². The molecule has 0 aromatic heterocycles. The molecule has 0 aromatic carbocycles. The molecular formula is C15H30N2. The maximum absolute atomic E-state index is 3.66. The van der Waals surface area contributed by atoms with Crippen LogP contribution >= 0.6 is 0 Å². The number of hydrogen-bond donors (Lipinski definition) is 1. The van der Waals surface area contributed by atoms with E-state index < -0.39 is 0 Å². The highest BCUT2D eigenvalue weighted by Gasteiger charge is 2.28. The molecule has 1 heterocycles. The first kappa shape index (κ1) is 13.4. The van der Waals surface area contributed by atoms with Crippen molar-refractivity contribution in [3.05, 3.63) is 0 Å². The molecule has 3 unspecified atom stereocenters.